The quantitative estimate of drug-likeness (QED) is 0.130. The second-order valence-corrected chi connectivity index (χ2v) is 21.2. The van der Waals surface area contributed by atoms with Gasteiger partial charge < -0.3 is 9.30 Å². The van der Waals surface area contributed by atoms with Gasteiger partial charge in [0.2, 0.25) is 5.69 Å². The Hall–Kier alpha value is -7.42. The summed E-state index contributed by atoms with van der Waals surface area (Å²) in [4.78, 5) is 5.04. The number of nitrogens with zero attached hydrogens (tertiary/aromatic N) is 4. The molecule has 0 saturated carbocycles. The van der Waals surface area contributed by atoms with E-state index in [0.717, 1.165) is 90.2 Å². The van der Waals surface area contributed by atoms with Gasteiger partial charge in [0, 0.05) is 47.0 Å². The maximum atomic E-state index is 6.76. The molecule has 10 bridgehead atoms. The maximum Gasteiger partial charge on any atom is 2.00 e. The van der Waals surface area contributed by atoms with E-state index in [-0.39, 0.29) is 37.3 Å². The van der Waals surface area contributed by atoms with Gasteiger partial charge in [0.1, 0.15) is 11.5 Å². The molecule has 2 aliphatic rings. The molecule has 0 amide bonds. The van der Waals surface area contributed by atoms with Crippen LogP contribution in [0.5, 0.6) is 11.5 Å². The van der Waals surface area contributed by atoms with Crippen molar-refractivity contribution in [3.8, 4) is 50.7 Å². The molecule has 0 fully saturated rings. The molecule has 0 N–H and O–H groups in total. The summed E-state index contributed by atoms with van der Waals surface area (Å²) >= 11 is 0. The second-order valence-electron chi connectivity index (χ2n) is 21.2. The van der Waals surface area contributed by atoms with E-state index in [1.165, 1.54) is 16.7 Å². The molecule has 10 aromatic rings. The normalized spacial score (nSPS) is 14.5. The van der Waals surface area contributed by atoms with E-state index in [4.69, 9.17) is 9.72 Å². The third kappa shape index (κ3) is 8.08. The molecule has 12 rings (SSSR count). The number of para-hydroxylation sites is 2. The number of pyridine rings is 1. The fraction of sp³-hybridized carbons (Fsp3) is 0.169. The number of hydrogen-bond donors (Lipinski definition) is 0. The monoisotopic (exact) mass is 1100 g/mol. The fourth-order valence-corrected chi connectivity index (χ4v) is 11.0. The Labute approximate surface area is 431 Å². The van der Waals surface area contributed by atoms with E-state index in [0.29, 0.717) is 11.5 Å². The van der Waals surface area contributed by atoms with Gasteiger partial charge >= 0.3 is 32.8 Å². The molecule has 6 heteroatoms. The zero-order chi connectivity index (χ0) is 47.9. The molecule has 0 radical (unpaired) electrons. The van der Waals surface area contributed by atoms with Crippen molar-refractivity contribution in [1.29, 1.82) is 0 Å². The van der Waals surface area contributed by atoms with E-state index < -0.39 is 0 Å². The van der Waals surface area contributed by atoms with Crippen LogP contribution in [0.4, 0.5) is 22.7 Å². The van der Waals surface area contributed by atoms with Crippen LogP contribution in [0.1, 0.15) is 71.6 Å². The summed E-state index contributed by atoms with van der Waals surface area (Å²) in [7, 11) is 0. The molecular weight excluding hydrogens is 1050 g/mol. The number of fused-ring (bicyclic) bond motifs is 16. The first kappa shape index (κ1) is 46.0. The summed E-state index contributed by atoms with van der Waals surface area (Å²) in [6.45, 7) is 16.5. The van der Waals surface area contributed by atoms with E-state index in [9.17, 15) is 0 Å². The van der Waals surface area contributed by atoms with Crippen molar-refractivity contribution < 1.29 is 25.8 Å². The minimum atomic E-state index is -0.263. The molecule has 0 atom stereocenters. The van der Waals surface area contributed by atoms with Crippen LogP contribution in [0.2, 0.25) is 0 Å². The fourth-order valence-electron chi connectivity index (χ4n) is 11.0. The first-order valence-corrected chi connectivity index (χ1v) is 24.3. The molecule has 71 heavy (non-hydrogen) atoms. The van der Waals surface area contributed by atoms with Crippen molar-refractivity contribution in [3.05, 3.63) is 217 Å². The Kier molecular flexibility index (Phi) is 11.3. The Morgan fingerprint density at radius 1 is 0.592 bits per heavy atom. The maximum absolute atomic E-state index is 6.76. The van der Waals surface area contributed by atoms with Gasteiger partial charge in [-0.1, -0.05) is 180 Å². The second kappa shape index (κ2) is 17.5. The van der Waals surface area contributed by atoms with E-state index in [2.05, 4.69) is 244 Å². The minimum absolute atomic E-state index is 0. The standard InChI is InChI=1S/C65H54N4O.Pt/c1-63(2,3)46-35-47-37-49(36-46)68-42-67(58-30-18-28-56(62(58)68)61-52(43-19-10-8-11-20-43)26-17-27-53(61)44-21-12-9-13-22-44)48-23-16-24-50(39-48)70-51-31-32-55-54-25-14-15-29-57(54)69(59(55)40-51)60-38-45(33-34-66-60)64(4,5)41-65(47,6)7;/h8-38H,41H2,1-7H3;/q;+2. The minimum Gasteiger partial charge on any atom is -0.509 e. The molecular formula is C65H54N4OPt+2. The van der Waals surface area contributed by atoms with Gasteiger partial charge in [-0.2, -0.15) is 12.1 Å². The van der Waals surface area contributed by atoms with Gasteiger partial charge in [0.25, 0.3) is 5.69 Å². The predicted octanol–water partition coefficient (Wildman–Crippen LogP) is 16.7. The molecule has 2 aliphatic heterocycles. The van der Waals surface area contributed by atoms with E-state index >= 15 is 0 Å². The smallest absolute Gasteiger partial charge is 0.509 e. The van der Waals surface area contributed by atoms with Crippen LogP contribution >= 0.6 is 0 Å². The van der Waals surface area contributed by atoms with Gasteiger partial charge in [0.05, 0.1) is 5.56 Å². The van der Waals surface area contributed by atoms with Crippen molar-refractivity contribution in [2.24, 2.45) is 0 Å². The largest absolute Gasteiger partial charge is 2.00 e. The van der Waals surface area contributed by atoms with Crippen molar-refractivity contribution in [2.75, 3.05) is 0 Å². The summed E-state index contributed by atoms with van der Waals surface area (Å²) in [5.74, 6) is 2.02. The molecule has 2 aromatic heterocycles. The van der Waals surface area contributed by atoms with Crippen LogP contribution in [0.15, 0.2) is 188 Å². The number of rotatable bonds is 3. The summed E-state index contributed by atoms with van der Waals surface area (Å²) in [6, 6.07) is 76.7. The van der Waals surface area contributed by atoms with Crippen LogP contribution in [-0.2, 0) is 37.3 Å². The Morgan fingerprint density at radius 2 is 1.24 bits per heavy atom. The Morgan fingerprint density at radius 3 is 1.97 bits per heavy atom. The predicted molar refractivity (Wildman–Crippen MR) is 289 cm³/mol. The number of ether oxygens (including phenoxy) is 1. The van der Waals surface area contributed by atoms with Crippen LogP contribution in [0, 0.1) is 12.1 Å². The molecule has 0 spiro atoms. The summed E-state index contributed by atoms with van der Waals surface area (Å²) in [5, 5.41) is 2.22. The van der Waals surface area contributed by atoms with Crippen molar-refractivity contribution in [2.45, 2.75) is 71.1 Å². The Balaban J connectivity index is 0.00000547. The third-order valence-corrected chi connectivity index (χ3v) is 14.4. The molecule has 8 aromatic carbocycles. The summed E-state index contributed by atoms with van der Waals surface area (Å²) in [6.07, 6.45) is 2.84. The SMILES string of the molecule is CC(C)(C)c1cc2cc(c1)C(C)(C)CC(C)(C)c1ccnc(c1)-n1c3[c-]c(ccc3c3ccccc31)Oc1[c-]c(ccc1)[N+]1=C=[N+]2c2c(-c3c(-c4ccccc4)cccc3-c3ccccc3)cccc21.[Pt+2]. The van der Waals surface area contributed by atoms with Crippen LogP contribution in [0.3, 0.4) is 0 Å². The molecule has 0 unspecified atom stereocenters. The zero-order valence-electron chi connectivity index (χ0n) is 41.1. The Bertz CT molecular complexity index is 3740. The third-order valence-electron chi connectivity index (χ3n) is 14.4. The number of benzene rings is 8. The molecule has 0 saturated heterocycles. The van der Waals surface area contributed by atoms with Gasteiger partial charge in [-0.25, -0.2) is 4.98 Å². The van der Waals surface area contributed by atoms with Gasteiger partial charge in [-0.15, -0.1) is 23.6 Å². The average molecular weight is 1100 g/mol. The first-order chi connectivity index (χ1) is 33.8. The summed E-state index contributed by atoms with van der Waals surface area (Å²) < 4.78 is 13.4. The van der Waals surface area contributed by atoms with E-state index in [1.54, 1.807) is 0 Å². The van der Waals surface area contributed by atoms with Crippen molar-refractivity contribution >= 4 is 50.6 Å². The average Bonchev–Trinajstić information content (AvgIpc) is 3.92. The van der Waals surface area contributed by atoms with Gasteiger partial charge in [0.15, 0.2) is 0 Å². The van der Waals surface area contributed by atoms with Crippen LogP contribution < -0.4 is 13.9 Å². The topological polar surface area (TPSA) is 33.1 Å². The summed E-state index contributed by atoms with van der Waals surface area (Å²) in [5.41, 5.74) is 15.8. The zero-order valence-corrected chi connectivity index (χ0v) is 43.4. The first-order valence-electron chi connectivity index (χ1n) is 24.3. The van der Waals surface area contributed by atoms with Crippen LogP contribution in [0.25, 0.3) is 61.0 Å². The molecule has 4 heterocycles. The van der Waals surface area contributed by atoms with E-state index in [1.807, 2.05) is 24.4 Å². The van der Waals surface area contributed by atoms with Crippen LogP contribution in [-0.4, -0.2) is 15.6 Å². The number of hydrogen-bond acceptors (Lipinski definition) is 2. The van der Waals surface area contributed by atoms with Gasteiger partial charge in [-0.05, 0) is 95.8 Å². The molecule has 348 valence electrons. The molecule has 5 nitrogen and oxygen atoms in total. The van der Waals surface area contributed by atoms with Gasteiger partial charge in [-0.3, -0.25) is 0 Å². The van der Waals surface area contributed by atoms with Crippen molar-refractivity contribution in [3.63, 3.8) is 0 Å². The number of aromatic nitrogens is 2. The van der Waals surface area contributed by atoms with Crippen molar-refractivity contribution in [1.82, 2.24) is 18.7 Å². The molecule has 0 aliphatic carbocycles.